The van der Waals surface area contributed by atoms with E-state index in [4.69, 9.17) is 9.47 Å². The summed E-state index contributed by atoms with van der Waals surface area (Å²) in [5.74, 6) is -2.27. The molecule has 0 heterocycles. The molecule has 3 rings (SSSR count). The highest BCUT2D eigenvalue weighted by Crippen LogP contribution is 2.26. The molecule has 244 valence electrons. The summed E-state index contributed by atoms with van der Waals surface area (Å²) >= 11 is 0. The fourth-order valence-corrected chi connectivity index (χ4v) is 5.33. The predicted molar refractivity (Wildman–Crippen MR) is 179 cm³/mol. The van der Waals surface area contributed by atoms with E-state index >= 15 is 0 Å². The van der Waals surface area contributed by atoms with Gasteiger partial charge in [-0.2, -0.15) is 0 Å². The van der Waals surface area contributed by atoms with E-state index in [1.807, 2.05) is 91.0 Å². The highest BCUT2D eigenvalue weighted by atomic mass is 16.5. The summed E-state index contributed by atoms with van der Waals surface area (Å²) in [6.45, 7) is 7.95. The molecule has 3 aromatic carbocycles. The van der Waals surface area contributed by atoms with Gasteiger partial charge in [0, 0.05) is 26.6 Å². The second-order valence-electron chi connectivity index (χ2n) is 11.2. The van der Waals surface area contributed by atoms with E-state index in [9.17, 15) is 19.5 Å². The van der Waals surface area contributed by atoms with E-state index < -0.39 is 30.0 Å². The fourth-order valence-electron chi connectivity index (χ4n) is 5.33. The average molecular weight is 627 g/mol. The van der Waals surface area contributed by atoms with Crippen LogP contribution >= 0.6 is 0 Å². The minimum atomic E-state index is -0.857. The van der Waals surface area contributed by atoms with Gasteiger partial charge >= 0.3 is 5.97 Å². The van der Waals surface area contributed by atoms with Gasteiger partial charge in [0.1, 0.15) is 6.10 Å². The molecule has 0 unspecified atom stereocenters. The number of allylic oxidation sites excluding steroid dienone is 2. The number of rotatable bonds is 20. The van der Waals surface area contributed by atoms with Crippen LogP contribution in [0.1, 0.15) is 42.1 Å². The van der Waals surface area contributed by atoms with Gasteiger partial charge < -0.3 is 24.8 Å². The topological polar surface area (TPSA) is 105 Å². The third-order valence-corrected chi connectivity index (χ3v) is 7.70. The van der Waals surface area contributed by atoms with Crippen molar-refractivity contribution in [3.05, 3.63) is 133 Å². The zero-order valence-corrected chi connectivity index (χ0v) is 26.6. The summed E-state index contributed by atoms with van der Waals surface area (Å²) in [4.78, 5) is 42.5. The van der Waals surface area contributed by atoms with Crippen LogP contribution in [0.15, 0.2) is 116 Å². The quantitative estimate of drug-likeness (QED) is 0.128. The average Bonchev–Trinajstić information content (AvgIpc) is 3.07. The van der Waals surface area contributed by atoms with Gasteiger partial charge in [0.25, 0.3) is 0 Å². The largest absolute Gasteiger partial charge is 0.455 e. The summed E-state index contributed by atoms with van der Waals surface area (Å²) in [5, 5.41) is 12.7. The van der Waals surface area contributed by atoms with Crippen molar-refractivity contribution in [3.8, 4) is 0 Å². The Morgan fingerprint density at radius 2 is 1.41 bits per heavy atom. The van der Waals surface area contributed by atoms with Gasteiger partial charge in [-0.15, -0.1) is 13.2 Å². The number of esters is 1. The number of nitrogens with one attached hydrogen (secondary N) is 1. The van der Waals surface area contributed by atoms with E-state index in [1.54, 1.807) is 17.1 Å². The molecular weight excluding hydrogens is 580 g/mol. The predicted octanol–water partition coefficient (Wildman–Crippen LogP) is 5.44. The molecule has 0 fully saturated rings. The molecule has 0 aliphatic carbocycles. The highest BCUT2D eigenvalue weighted by Gasteiger charge is 2.33. The van der Waals surface area contributed by atoms with Crippen molar-refractivity contribution >= 4 is 17.8 Å². The van der Waals surface area contributed by atoms with Gasteiger partial charge in [0.05, 0.1) is 31.1 Å². The van der Waals surface area contributed by atoms with Crippen LogP contribution < -0.4 is 5.32 Å². The molecule has 8 nitrogen and oxygen atoms in total. The zero-order chi connectivity index (χ0) is 33.1. The van der Waals surface area contributed by atoms with E-state index in [0.717, 1.165) is 11.1 Å². The highest BCUT2D eigenvalue weighted by molar-refractivity contribution is 5.86. The lowest BCUT2D eigenvalue weighted by Gasteiger charge is -2.31. The number of aliphatic hydroxyl groups excluding tert-OH is 1. The Morgan fingerprint density at radius 3 is 1.98 bits per heavy atom. The Morgan fingerprint density at radius 1 is 0.848 bits per heavy atom. The smallest absolute Gasteiger partial charge is 0.310 e. The summed E-state index contributed by atoms with van der Waals surface area (Å²) in [6, 6.07) is 27.7. The SMILES string of the molecule is C=CC[C@@H](CC(=O)N(CCO)Cc1ccccc1)C(=O)N[C@@H](COC)[C@@H](OC(=O)[C@@H](CC=C)Cc1ccccc1)c1ccccc1. The first-order valence-corrected chi connectivity index (χ1v) is 15.6. The summed E-state index contributed by atoms with van der Waals surface area (Å²) in [7, 11) is 1.51. The third-order valence-electron chi connectivity index (χ3n) is 7.70. The zero-order valence-electron chi connectivity index (χ0n) is 26.6. The lowest BCUT2D eigenvalue weighted by atomic mass is 9.95. The fraction of sp³-hybridized carbons (Fsp3) is 0.342. The van der Waals surface area contributed by atoms with E-state index in [0.29, 0.717) is 24.9 Å². The number of carbonyl (C=O) groups is 3. The number of methoxy groups -OCH3 is 1. The first kappa shape index (κ1) is 35.9. The van der Waals surface area contributed by atoms with Crippen LogP contribution in [0.4, 0.5) is 0 Å². The Labute approximate surface area is 272 Å². The van der Waals surface area contributed by atoms with Crippen LogP contribution in [0.25, 0.3) is 0 Å². The Bertz CT molecular complexity index is 1370. The normalized spacial score (nSPS) is 13.4. The Kier molecular flexibility index (Phi) is 15.4. The van der Waals surface area contributed by atoms with Crippen molar-refractivity contribution in [3.63, 3.8) is 0 Å². The van der Waals surface area contributed by atoms with Crippen LogP contribution in [0.2, 0.25) is 0 Å². The lowest BCUT2D eigenvalue weighted by molar-refractivity contribution is -0.158. The van der Waals surface area contributed by atoms with Crippen LogP contribution in [-0.2, 0) is 36.8 Å². The molecule has 8 heteroatoms. The maximum Gasteiger partial charge on any atom is 0.310 e. The molecule has 0 aliphatic rings. The van der Waals surface area contributed by atoms with Gasteiger partial charge in [0.15, 0.2) is 0 Å². The summed E-state index contributed by atoms with van der Waals surface area (Å²) in [6.07, 6.45) is 3.52. The number of hydrogen-bond donors (Lipinski definition) is 2. The molecule has 0 saturated heterocycles. The van der Waals surface area contributed by atoms with Crippen LogP contribution in [0, 0.1) is 11.8 Å². The van der Waals surface area contributed by atoms with Gasteiger partial charge in [-0.25, -0.2) is 0 Å². The molecule has 4 atom stereocenters. The van der Waals surface area contributed by atoms with Crippen LogP contribution in [-0.4, -0.2) is 60.7 Å². The molecule has 0 radical (unpaired) electrons. The minimum Gasteiger partial charge on any atom is -0.455 e. The summed E-state index contributed by atoms with van der Waals surface area (Å²) < 4.78 is 11.7. The second-order valence-corrected chi connectivity index (χ2v) is 11.2. The number of ether oxygens (including phenoxy) is 2. The number of benzene rings is 3. The molecule has 3 aromatic rings. The van der Waals surface area contributed by atoms with E-state index in [-0.39, 0.29) is 44.4 Å². The molecule has 46 heavy (non-hydrogen) atoms. The molecule has 2 amide bonds. The van der Waals surface area contributed by atoms with E-state index in [2.05, 4.69) is 18.5 Å². The Hall–Kier alpha value is -4.53. The first-order valence-electron chi connectivity index (χ1n) is 15.6. The lowest BCUT2D eigenvalue weighted by Crippen LogP contribution is -2.47. The van der Waals surface area contributed by atoms with Crippen molar-refractivity contribution in [2.24, 2.45) is 11.8 Å². The molecule has 0 spiro atoms. The van der Waals surface area contributed by atoms with Gasteiger partial charge in [-0.3, -0.25) is 14.4 Å². The van der Waals surface area contributed by atoms with Gasteiger partial charge in [-0.1, -0.05) is 103 Å². The van der Waals surface area contributed by atoms with Crippen LogP contribution in [0.5, 0.6) is 0 Å². The Balaban J connectivity index is 1.82. The van der Waals surface area contributed by atoms with Gasteiger partial charge in [0.2, 0.25) is 11.8 Å². The molecule has 0 aromatic heterocycles. The number of nitrogens with zero attached hydrogens (tertiary/aromatic N) is 1. The maximum absolute atomic E-state index is 13.8. The number of amides is 2. The molecule has 0 saturated carbocycles. The van der Waals surface area contributed by atoms with Crippen molar-refractivity contribution < 1.29 is 29.0 Å². The third kappa shape index (κ3) is 11.4. The number of carbonyl (C=O) groups excluding carboxylic acids is 3. The van der Waals surface area contributed by atoms with Crippen molar-refractivity contribution in [2.75, 3.05) is 26.9 Å². The first-order chi connectivity index (χ1) is 22.4. The van der Waals surface area contributed by atoms with E-state index in [1.165, 1.54) is 7.11 Å². The number of aliphatic hydroxyl groups is 1. The minimum absolute atomic E-state index is 0.0583. The summed E-state index contributed by atoms with van der Waals surface area (Å²) in [5.41, 5.74) is 2.62. The van der Waals surface area contributed by atoms with Crippen molar-refractivity contribution in [1.29, 1.82) is 0 Å². The standard InChI is InChI=1S/C38H46N2O6/c1-4-15-32(26-35(42)40(23-24-41)27-30-19-11-7-12-20-30)37(43)39-34(28-45-3)36(31-21-13-8-14-22-31)46-38(44)33(16-5-2)25-29-17-9-6-10-18-29/h4-14,17-22,32-34,36,41H,1-2,15-16,23-28H2,3H3,(H,39,43)/t32-,33-,34-,36-/m0/s1. The molecular formula is C38H46N2O6. The van der Waals surface area contributed by atoms with Gasteiger partial charge in [-0.05, 0) is 36.0 Å². The monoisotopic (exact) mass is 626 g/mol. The molecule has 2 N–H and O–H groups in total. The molecule has 0 aliphatic heterocycles. The van der Waals surface area contributed by atoms with Crippen molar-refractivity contribution in [1.82, 2.24) is 10.2 Å². The maximum atomic E-state index is 13.8. The molecule has 0 bridgehead atoms. The van der Waals surface area contributed by atoms with Crippen molar-refractivity contribution in [2.45, 2.75) is 44.4 Å². The van der Waals surface area contributed by atoms with Crippen LogP contribution in [0.3, 0.4) is 0 Å². The second kappa shape index (κ2) is 19.8. The number of hydrogen-bond acceptors (Lipinski definition) is 6.